The molecule has 0 amide bonds. The van der Waals surface area contributed by atoms with Crippen molar-refractivity contribution < 1.29 is 9.53 Å². The van der Waals surface area contributed by atoms with E-state index in [9.17, 15) is 4.79 Å². The number of nitrogens with one attached hydrogen (secondary N) is 1. The maximum Gasteiger partial charge on any atom is 0.337 e. The van der Waals surface area contributed by atoms with Crippen molar-refractivity contribution in [2.45, 2.75) is 70.4 Å². The van der Waals surface area contributed by atoms with E-state index in [2.05, 4.69) is 5.32 Å². The molecule has 1 unspecified atom stereocenters. The van der Waals surface area contributed by atoms with E-state index in [0.717, 1.165) is 6.54 Å². The standard InChI is InChI=1S/C20H29NO2/c1-23-19(22)17-10-8-16(9-11-17)15-21-18-7-3-6-14-20(18)12-4-2-5-13-20/h8-11,18,21H,2-7,12-15H2,1H3. The van der Waals surface area contributed by atoms with Gasteiger partial charge in [0.05, 0.1) is 12.7 Å². The molecular weight excluding hydrogens is 286 g/mol. The Morgan fingerprint density at radius 3 is 2.39 bits per heavy atom. The highest BCUT2D eigenvalue weighted by atomic mass is 16.5. The normalized spacial score (nSPS) is 23.6. The molecule has 2 aliphatic carbocycles. The van der Waals surface area contributed by atoms with Gasteiger partial charge >= 0.3 is 5.97 Å². The molecule has 2 fully saturated rings. The zero-order valence-electron chi connectivity index (χ0n) is 14.3. The molecule has 2 saturated carbocycles. The number of carbonyl (C=O) groups is 1. The van der Waals surface area contributed by atoms with Crippen LogP contribution in [0.1, 0.15) is 73.7 Å². The van der Waals surface area contributed by atoms with E-state index in [1.165, 1.54) is 70.5 Å². The van der Waals surface area contributed by atoms with Gasteiger partial charge in [0.25, 0.3) is 0 Å². The molecule has 126 valence electrons. The van der Waals surface area contributed by atoms with Gasteiger partial charge in [-0.05, 0) is 48.8 Å². The minimum absolute atomic E-state index is 0.266. The largest absolute Gasteiger partial charge is 0.465 e. The summed E-state index contributed by atoms with van der Waals surface area (Å²) in [7, 11) is 1.42. The number of methoxy groups -OCH3 is 1. The molecule has 1 aromatic rings. The van der Waals surface area contributed by atoms with Crippen molar-refractivity contribution in [3.8, 4) is 0 Å². The van der Waals surface area contributed by atoms with Crippen LogP contribution in [0.2, 0.25) is 0 Å². The van der Waals surface area contributed by atoms with Crippen molar-refractivity contribution >= 4 is 5.97 Å². The van der Waals surface area contributed by atoms with Gasteiger partial charge in [-0.1, -0.05) is 44.2 Å². The molecule has 2 aliphatic rings. The van der Waals surface area contributed by atoms with Gasteiger partial charge in [0, 0.05) is 12.6 Å². The molecular formula is C20H29NO2. The van der Waals surface area contributed by atoms with Crippen LogP contribution in [0.25, 0.3) is 0 Å². The monoisotopic (exact) mass is 315 g/mol. The highest BCUT2D eigenvalue weighted by Crippen LogP contribution is 2.47. The number of benzene rings is 1. The quantitative estimate of drug-likeness (QED) is 0.834. The van der Waals surface area contributed by atoms with E-state index in [1.807, 2.05) is 24.3 Å². The van der Waals surface area contributed by atoms with E-state index < -0.39 is 0 Å². The van der Waals surface area contributed by atoms with Crippen LogP contribution in [0.15, 0.2) is 24.3 Å². The lowest BCUT2D eigenvalue weighted by atomic mass is 9.62. The van der Waals surface area contributed by atoms with Crippen molar-refractivity contribution in [3.63, 3.8) is 0 Å². The second kappa shape index (κ2) is 7.48. The third-order valence-electron chi connectivity index (χ3n) is 5.93. The van der Waals surface area contributed by atoms with Crippen LogP contribution in [0.5, 0.6) is 0 Å². The second-order valence-corrected chi connectivity index (χ2v) is 7.29. The average molecular weight is 315 g/mol. The number of hydrogen-bond donors (Lipinski definition) is 1. The van der Waals surface area contributed by atoms with Crippen LogP contribution in [-0.2, 0) is 11.3 Å². The Hall–Kier alpha value is -1.35. The highest BCUT2D eigenvalue weighted by Gasteiger charge is 2.40. The average Bonchev–Trinajstić information content (AvgIpc) is 2.61. The molecule has 1 spiro atoms. The first-order valence-corrected chi connectivity index (χ1v) is 9.14. The maximum absolute atomic E-state index is 11.5. The molecule has 0 aliphatic heterocycles. The first kappa shape index (κ1) is 16.5. The van der Waals surface area contributed by atoms with Crippen molar-refractivity contribution in [1.29, 1.82) is 0 Å². The fourth-order valence-corrected chi connectivity index (χ4v) is 4.60. The van der Waals surface area contributed by atoms with Crippen LogP contribution in [0.4, 0.5) is 0 Å². The fraction of sp³-hybridized carbons (Fsp3) is 0.650. The van der Waals surface area contributed by atoms with E-state index >= 15 is 0 Å². The summed E-state index contributed by atoms with van der Waals surface area (Å²) in [6.07, 6.45) is 12.6. The minimum Gasteiger partial charge on any atom is -0.465 e. The molecule has 0 heterocycles. The molecule has 3 rings (SSSR count). The van der Waals surface area contributed by atoms with Crippen molar-refractivity contribution in [2.75, 3.05) is 7.11 Å². The maximum atomic E-state index is 11.5. The van der Waals surface area contributed by atoms with Gasteiger partial charge in [0.1, 0.15) is 0 Å². The summed E-state index contributed by atoms with van der Waals surface area (Å²) >= 11 is 0. The predicted molar refractivity (Wildman–Crippen MR) is 92.4 cm³/mol. The summed E-state index contributed by atoms with van der Waals surface area (Å²) in [6, 6.07) is 8.46. The lowest BCUT2D eigenvalue weighted by Crippen LogP contribution is -2.48. The molecule has 0 radical (unpaired) electrons. The number of hydrogen-bond acceptors (Lipinski definition) is 3. The predicted octanol–water partition coefficient (Wildman–Crippen LogP) is 4.46. The number of ether oxygens (including phenoxy) is 1. The zero-order valence-corrected chi connectivity index (χ0v) is 14.3. The van der Waals surface area contributed by atoms with E-state index in [1.54, 1.807) is 0 Å². The highest BCUT2D eigenvalue weighted by molar-refractivity contribution is 5.89. The molecule has 3 heteroatoms. The van der Waals surface area contributed by atoms with Gasteiger partial charge in [0.15, 0.2) is 0 Å². The topological polar surface area (TPSA) is 38.3 Å². The number of carbonyl (C=O) groups excluding carboxylic acids is 1. The molecule has 0 saturated heterocycles. The Labute approximate surface area is 139 Å². The summed E-state index contributed by atoms with van der Waals surface area (Å²) in [5.74, 6) is -0.266. The second-order valence-electron chi connectivity index (χ2n) is 7.29. The first-order chi connectivity index (χ1) is 11.2. The summed E-state index contributed by atoms with van der Waals surface area (Å²) in [5, 5.41) is 3.84. The minimum atomic E-state index is -0.266. The van der Waals surface area contributed by atoms with Gasteiger partial charge in [-0.25, -0.2) is 4.79 Å². The summed E-state index contributed by atoms with van der Waals surface area (Å²) in [6.45, 7) is 0.897. The van der Waals surface area contributed by atoms with E-state index in [-0.39, 0.29) is 5.97 Å². The molecule has 0 bridgehead atoms. The van der Waals surface area contributed by atoms with Crippen LogP contribution < -0.4 is 5.32 Å². The molecule has 23 heavy (non-hydrogen) atoms. The van der Waals surface area contributed by atoms with Crippen molar-refractivity contribution in [1.82, 2.24) is 5.32 Å². The lowest BCUT2D eigenvalue weighted by molar-refractivity contribution is 0.0600. The van der Waals surface area contributed by atoms with Crippen LogP contribution >= 0.6 is 0 Å². The smallest absolute Gasteiger partial charge is 0.337 e. The third-order valence-corrected chi connectivity index (χ3v) is 5.93. The van der Waals surface area contributed by atoms with Gasteiger partial charge < -0.3 is 10.1 Å². The lowest BCUT2D eigenvalue weighted by Gasteiger charge is -2.47. The van der Waals surface area contributed by atoms with Gasteiger partial charge in [-0.2, -0.15) is 0 Å². The van der Waals surface area contributed by atoms with Gasteiger partial charge in [0.2, 0.25) is 0 Å². The van der Waals surface area contributed by atoms with Crippen LogP contribution in [0.3, 0.4) is 0 Å². The van der Waals surface area contributed by atoms with E-state index in [4.69, 9.17) is 4.74 Å². The molecule has 1 N–H and O–H groups in total. The Bertz CT molecular complexity index is 509. The zero-order chi connectivity index (χ0) is 16.1. The SMILES string of the molecule is COC(=O)c1ccc(CNC2CCCCC23CCCCC3)cc1. The first-order valence-electron chi connectivity index (χ1n) is 9.14. The Morgan fingerprint density at radius 1 is 1.09 bits per heavy atom. The number of esters is 1. The van der Waals surface area contributed by atoms with Crippen molar-refractivity contribution in [2.24, 2.45) is 5.41 Å². The summed E-state index contributed by atoms with van der Waals surface area (Å²) in [4.78, 5) is 11.5. The molecule has 0 aromatic heterocycles. The van der Waals surface area contributed by atoms with Gasteiger partial charge in [-0.15, -0.1) is 0 Å². The van der Waals surface area contributed by atoms with Crippen LogP contribution in [0, 0.1) is 5.41 Å². The van der Waals surface area contributed by atoms with Gasteiger partial charge in [-0.3, -0.25) is 0 Å². The Morgan fingerprint density at radius 2 is 1.74 bits per heavy atom. The van der Waals surface area contributed by atoms with Crippen LogP contribution in [-0.4, -0.2) is 19.1 Å². The van der Waals surface area contributed by atoms with E-state index in [0.29, 0.717) is 17.0 Å². The number of rotatable bonds is 4. The third kappa shape index (κ3) is 3.77. The Balaban J connectivity index is 1.61. The van der Waals surface area contributed by atoms with Crippen molar-refractivity contribution in [3.05, 3.63) is 35.4 Å². The summed E-state index contributed by atoms with van der Waals surface area (Å²) in [5.41, 5.74) is 2.43. The Kier molecular flexibility index (Phi) is 5.37. The molecule has 1 atom stereocenters. The summed E-state index contributed by atoms with van der Waals surface area (Å²) < 4.78 is 4.75. The molecule has 1 aromatic carbocycles. The fourth-order valence-electron chi connectivity index (χ4n) is 4.60. The molecule has 3 nitrogen and oxygen atoms in total.